The lowest BCUT2D eigenvalue weighted by molar-refractivity contribution is 0.138. The molecule has 2 aromatic carbocycles. The molecule has 0 aliphatic carbocycles. The Labute approximate surface area is 176 Å². The minimum Gasteiger partial charge on any atom is -0.493 e. The predicted molar refractivity (Wildman–Crippen MR) is 114 cm³/mol. The molecule has 2 heterocycles. The molecule has 6 heteroatoms. The van der Waals surface area contributed by atoms with Crippen LogP contribution in [-0.4, -0.2) is 31.4 Å². The molecule has 152 valence electrons. The summed E-state index contributed by atoms with van der Waals surface area (Å²) in [4.78, 5) is 6.37. The number of benzene rings is 2. The molecule has 1 atom stereocenters. The third-order valence-electron chi connectivity index (χ3n) is 4.99. The van der Waals surface area contributed by atoms with Crippen molar-refractivity contribution in [3.8, 4) is 17.6 Å². The molecule has 3 aromatic rings. The normalized spacial score (nSPS) is 15.4. The zero-order valence-electron chi connectivity index (χ0n) is 16.8. The fraction of sp³-hybridized carbons (Fsp3) is 0.250. The van der Waals surface area contributed by atoms with Gasteiger partial charge in [-0.25, -0.2) is 0 Å². The monoisotopic (exact) mass is 401 g/mol. The van der Waals surface area contributed by atoms with Crippen LogP contribution in [0.2, 0.25) is 0 Å². The Hall–Kier alpha value is -3.56. The zero-order chi connectivity index (χ0) is 20.8. The van der Waals surface area contributed by atoms with E-state index in [1.54, 1.807) is 19.4 Å². The summed E-state index contributed by atoms with van der Waals surface area (Å²) in [5.41, 5.74) is 3.51. The Morgan fingerprint density at radius 2 is 2.03 bits per heavy atom. The highest BCUT2D eigenvalue weighted by atomic mass is 16.6. The fourth-order valence-electron chi connectivity index (χ4n) is 3.46. The van der Waals surface area contributed by atoms with Crippen molar-refractivity contribution in [2.75, 3.05) is 25.2 Å². The molecule has 0 radical (unpaired) electrons. The SMILES string of the molecule is COc1ccc(N(Cc2cccnc2)c2cccc(C#N)c2)cc1O[C@@H]1CCOC1. The summed E-state index contributed by atoms with van der Waals surface area (Å²) in [5, 5.41) is 9.35. The van der Waals surface area contributed by atoms with E-state index in [0.29, 0.717) is 36.8 Å². The molecule has 0 amide bonds. The lowest BCUT2D eigenvalue weighted by Crippen LogP contribution is -2.19. The summed E-state index contributed by atoms with van der Waals surface area (Å²) in [6, 6.07) is 19.6. The predicted octanol–water partition coefficient (Wildman–Crippen LogP) is 4.47. The number of nitriles is 1. The van der Waals surface area contributed by atoms with Crippen molar-refractivity contribution in [1.29, 1.82) is 5.26 Å². The first-order valence-corrected chi connectivity index (χ1v) is 9.86. The first kappa shape index (κ1) is 19.7. The van der Waals surface area contributed by atoms with Crippen LogP contribution in [0.5, 0.6) is 11.5 Å². The number of aromatic nitrogens is 1. The highest BCUT2D eigenvalue weighted by molar-refractivity contribution is 5.67. The first-order chi connectivity index (χ1) is 14.8. The molecule has 0 N–H and O–H groups in total. The molecule has 0 spiro atoms. The number of rotatable bonds is 7. The molecule has 0 saturated carbocycles. The highest BCUT2D eigenvalue weighted by Crippen LogP contribution is 2.37. The van der Waals surface area contributed by atoms with Gasteiger partial charge in [-0.05, 0) is 42.0 Å². The van der Waals surface area contributed by atoms with Crippen molar-refractivity contribution in [3.05, 3.63) is 78.1 Å². The summed E-state index contributed by atoms with van der Waals surface area (Å²) in [6.07, 6.45) is 4.48. The van der Waals surface area contributed by atoms with Gasteiger partial charge in [0.25, 0.3) is 0 Å². The zero-order valence-corrected chi connectivity index (χ0v) is 16.8. The van der Waals surface area contributed by atoms with Gasteiger partial charge < -0.3 is 19.1 Å². The Morgan fingerprint density at radius 1 is 1.13 bits per heavy atom. The lowest BCUT2D eigenvalue weighted by Gasteiger charge is -2.26. The van der Waals surface area contributed by atoms with Gasteiger partial charge in [-0.1, -0.05) is 12.1 Å². The van der Waals surface area contributed by atoms with Crippen molar-refractivity contribution in [3.63, 3.8) is 0 Å². The van der Waals surface area contributed by atoms with E-state index in [-0.39, 0.29) is 6.10 Å². The number of anilines is 2. The minimum atomic E-state index is 0.0165. The standard InChI is InChI=1S/C24H23N3O3/c1-28-23-8-7-21(13-24(23)30-22-9-11-29-17-22)27(16-19-5-3-10-26-15-19)20-6-2-4-18(12-20)14-25/h2-8,10,12-13,15,22H,9,11,16-17H2,1H3/t22-/m1/s1. The second kappa shape index (κ2) is 9.29. The van der Waals surface area contributed by atoms with Crippen molar-refractivity contribution < 1.29 is 14.2 Å². The van der Waals surface area contributed by atoms with Gasteiger partial charge in [-0.15, -0.1) is 0 Å². The maximum absolute atomic E-state index is 9.35. The van der Waals surface area contributed by atoms with Crippen molar-refractivity contribution in [2.24, 2.45) is 0 Å². The fourth-order valence-corrected chi connectivity index (χ4v) is 3.46. The van der Waals surface area contributed by atoms with Crippen LogP contribution in [0.3, 0.4) is 0 Å². The van der Waals surface area contributed by atoms with E-state index in [0.717, 1.165) is 23.4 Å². The van der Waals surface area contributed by atoms with Crippen molar-refractivity contribution in [1.82, 2.24) is 4.98 Å². The Morgan fingerprint density at radius 3 is 2.77 bits per heavy atom. The van der Waals surface area contributed by atoms with Crippen LogP contribution in [0.4, 0.5) is 11.4 Å². The highest BCUT2D eigenvalue weighted by Gasteiger charge is 2.21. The van der Waals surface area contributed by atoms with Crippen LogP contribution in [-0.2, 0) is 11.3 Å². The van der Waals surface area contributed by atoms with Gasteiger partial charge in [0, 0.05) is 42.8 Å². The summed E-state index contributed by atoms with van der Waals surface area (Å²) in [6.45, 7) is 1.89. The summed E-state index contributed by atoms with van der Waals surface area (Å²) in [7, 11) is 1.64. The second-order valence-corrected chi connectivity index (χ2v) is 7.05. The third kappa shape index (κ3) is 4.53. The van der Waals surface area contributed by atoms with Gasteiger partial charge in [0.1, 0.15) is 6.10 Å². The molecule has 0 unspecified atom stereocenters. The van der Waals surface area contributed by atoms with Gasteiger partial charge in [-0.2, -0.15) is 5.26 Å². The lowest BCUT2D eigenvalue weighted by atomic mass is 10.1. The molecule has 30 heavy (non-hydrogen) atoms. The van der Waals surface area contributed by atoms with Crippen LogP contribution in [0.1, 0.15) is 17.5 Å². The van der Waals surface area contributed by atoms with E-state index in [9.17, 15) is 5.26 Å². The van der Waals surface area contributed by atoms with E-state index >= 15 is 0 Å². The maximum Gasteiger partial charge on any atom is 0.163 e. The molecular formula is C24H23N3O3. The van der Waals surface area contributed by atoms with Crippen LogP contribution >= 0.6 is 0 Å². The first-order valence-electron chi connectivity index (χ1n) is 9.86. The van der Waals surface area contributed by atoms with Gasteiger partial charge >= 0.3 is 0 Å². The van der Waals surface area contributed by atoms with Crippen LogP contribution in [0.15, 0.2) is 67.0 Å². The van der Waals surface area contributed by atoms with Crippen molar-refractivity contribution >= 4 is 11.4 Å². The summed E-state index contributed by atoms with van der Waals surface area (Å²) < 4.78 is 17.1. The number of nitrogens with zero attached hydrogens (tertiary/aromatic N) is 3. The molecule has 1 aromatic heterocycles. The summed E-state index contributed by atoms with van der Waals surface area (Å²) in [5.74, 6) is 1.36. The molecule has 1 aliphatic heterocycles. The number of methoxy groups -OCH3 is 1. The van der Waals surface area contributed by atoms with Crippen LogP contribution < -0.4 is 14.4 Å². The average molecular weight is 401 g/mol. The van der Waals surface area contributed by atoms with Crippen LogP contribution in [0, 0.1) is 11.3 Å². The van der Waals surface area contributed by atoms with Gasteiger partial charge in [-0.3, -0.25) is 4.98 Å². The van der Waals surface area contributed by atoms with E-state index in [4.69, 9.17) is 14.2 Å². The Balaban J connectivity index is 1.72. The largest absolute Gasteiger partial charge is 0.493 e. The molecule has 1 aliphatic rings. The topological polar surface area (TPSA) is 67.6 Å². The second-order valence-electron chi connectivity index (χ2n) is 7.05. The van der Waals surface area contributed by atoms with Gasteiger partial charge in [0.15, 0.2) is 11.5 Å². The molecule has 1 saturated heterocycles. The van der Waals surface area contributed by atoms with E-state index in [2.05, 4.69) is 16.0 Å². The average Bonchev–Trinajstić information content (AvgIpc) is 3.31. The van der Waals surface area contributed by atoms with Crippen molar-refractivity contribution in [2.45, 2.75) is 19.1 Å². The Kier molecular flexibility index (Phi) is 6.11. The number of ether oxygens (including phenoxy) is 3. The van der Waals surface area contributed by atoms with Gasteiger partial charge in [0.05, 0.1) is 32.0 Å². The number of pyridine rings is 1. The quantitative estimate of drug-likeness (QED) is 0.582. The molecule has 1 fully saturated rings. The minimum absolute atomic E-state index is 0.0165. The van der Waals surface area contributed by atoms with E-state index < -0.39 is 0 Å². The van der Waals surface area contributed by atoms with Crippen LogP contribution in [0.25, 0.3) is 0 Å². The smallest absolute Gasteiger partial charge is 0.163 e. The molecular weight excluding hydrogens is 378 g/mol. The Bertz CT molecular complexity index is 1030. The molecule has 4 rings (SSSR count). The van der Waals surface area contributed by atoms with E-state index in [1.165, 1.54) is 0 Å². The number of hydrogen-bond donors (Lipinski definition) is 0. The maximum atomic E-state index is 9.35. The third-order valence-corrected chi connectivity index (χ3v) is 4.99. The number of hydrogen-bond acceptors (Lipinski definition) is 6. The van der Waals surface area contributed by atoms with Gasteiger partial charge in [0.2, 0.25) is 0 Å². The molecule has 0 bridgehead atoms. The molecule has 6 nitrogen and oxygen atoms in total. The van der Waals surface area contributed by atoms with E-state index in [1.807, 2.05) is 54.7 Å². The summed E-state index contributed by atoms with van der Waals surface area (Å²) >= 11 is 0.